The molecule has 3 rings (SSSR count). The smallest absolute Gasteiger partial charge is 0.409 e. The molecule has 0 spiro atoms. The van der Waals surface area contributed by atoms with Crippen molar-refractivity contribution in [3.63, 3.8) is 0 Å². The summed E-state index contributed by atoms with van der Waals surface area (Å²) >= 11 is 0. The Hall–Kier alpha value is -2.12. The van der Waals surface area contributed by atoms with Crippen LogP contribution in [0.1, 0.15) is 57.9 Å². The SMILES string of the molecule is COc1ccc(CN(CCO)S(=O)(=O)CC(O)[C@@H]2OC(C)(C)N(C(=O)O)[C@H]2CC2CCCCC2)cc1OC. The summed E-state index contributed by atoms with van der Waals surface area (Å²) in [5.74, 6) is 0.550. The number of ether oxygens (including phenoxy) is 3. The van der Waals surface area contributed by atoms with Crippen molar-refractivity contribution in [2.75, 3.05) is 33.1 Å². The fourth-order valence-corrected chi connectivity index (χ4v) is 7.29. The van der Waals surface area contributed by atoms with E-state index in [1.165, 1.54) is 19.1 Å². The maximum absolute atomic E-state index is 13.5. The van der Waals surface area contributed by atoms with Crippen LogP contribution in [0.2, 0.25) is 0 Å². The maximum Gasteiger partial charge on any atom is 0.409 e. The molecule has 1 unspecified atom stereocenters. The number of methoxy groups -OCH3 is 2. The Balaban J connectivity index is 1.81. The lowest BCUT2D eigenvalue weighted by atomic mass is 9.83. The van der Waals surface area contributed by atoms with Gasteiger partial charge in [-0.15, -0.1) is 0 Å². The van der Waals surface area contributed by atoms with Gasteiger partial charge in [-0.1, -0.05) is 38.2 Å². The normalized spacial score (nSPS) is 23.0. The molecule has 1 aromatic carbocycles. The van der Waals surface area contributed by atoms with Gasteiger partial charge in [0, 0.05) is 13.1 Å². The summed E-state index contributed by atoms with van der Waals surface area (Å²) in [5, 5.41) is 30.8. The molecule has 1 aliphatic heterocycles. The molecule has 0 aromatic heterocycles. The van der Waals surface area contributed by atoms with Gasteiger partial charge in [-0.2, -0.15) is 4.31 Å². The van der Waals surface area contributed by atoms with Crippen molar-refractivity contribution >= 4 is 16.1 Å². The monoisotopic (exact) mass is 558 g/mol. The molecule has 1 aliphatic carbocycles. The summed E-state index contributed by atoms with van der Waals surface area (Å²) in [7, 11) is -1.10. The number of sulfonamides is 1. The Labute approximate surface area is 225 Å². The van der Waals surface area contributed by atoms with Crippen LogP contribution in [0.3, 0.4) is 0 Å². The van der Waals surface area contributed by atoms with E-state index >= 15 is 0 Å². The van der Waals surface area contributed by atoms with Gasteiger partial charge in [0.25, 0.3) is 0 Å². The molecule has 2 fully saturated rings. The van der Waals surface area contributed by atoms with Gasteiger partial charge >= 0.3 is 6.09 Å². The van der Waals surface area contributed by atoms with Gasteiger partial charge in [0.15, 0.2) is 11.5 Å². The Morgan fingerprint density at radius 3 is 2.42 bits per heavy atom. The maximum atomic E-state index is 13.5. The van der Waals surface area contributed by atoms with Crippen LogP contribution in [0.5, 0.6) is 11.5 Å². The summed E-state index contributed by atoms with van der Waals surface area (Å²) in [5.41, 5.74) is -0.606. The number of rotatable bonds is 12. The van der Waals surface area contributed by atoms with E-state index in [9.17, 15) is 28.5 Å². The third-order valence-electron chi connectivity index (χ3n) is 7.53. The summed E-state index contributed by atoms with van der Waals surface area (Å²) < 4.78 is 44.6. The van der Waals surface area contributed by atoms with Crippen molar-refractivity contribution in [2.24, 2.45) is 5.92 Å². The topological polar surface area (TPSA) is 146 Å². The zero-order chi connectivity index (χ0) is 28.1. The Morgan fingerprint density at radius 2 is 1.84 bits per heavy atom. The van der Waals surface area contributed by atoms with E-state index in [4.69, 9.17) is 14.2 Å². The van der Waals surface area contributed by atoms with Crippen LogP contribution in [0.15, 0.2) is 18.2 Å². The van der Waals surface area contributed by atoms with E-state index < -0.39 is 52.5 Å². The Morgan fingerprint density at radius 1 is 1.18 bits per heavy atom. The first-order valence-corrected chi connectivity index (χ1v) is 14.7. The Bertz CT molecular complexity index is 1040. The largest absolute Gasteiger partial charge is 0.493 e. The van der Waals surface area contributed by atoms with Gasteiger partial charge in [-0.25, -0.2) is 13.2 Å². The third kappa shape index (κ3) is 7.09. The summed E-state index contributed by atoms with van der Waals surface area (Å²) in [4.78, 5) is 13.4. The van der Waals surface area contributed by atoms with E-state index in [2.05, 4.69) is 0 Å². The molecule has 12 heteroatoms. The van der Waals surface area contributed by atoms with Gasteiger partial charge < -0.3 is 29.5 Å². The van der Waals surface area contributed by atoms with Gasteiger partial charge in [-0.05, 0) is 43.9 Å². The average molecular weight is 559 g/mol. The zero-order valence-corrected chi connectivity index (χ0v) is 23.5. The molecular weight excluding hydrogens is 516 g/mol. The van der Waals surface area contributed by atoms with Crippen molar-refractivity contribution in [1.82, 2.24) is 9.21 Å². The number of nitrogens with zero attached hydrogens (tertiary/aromatic N) is 2. The van der Waals surface area contributed by atoms with Crippen molar-refractivity contribution in [1.29, 1.82) is 0 Å². The highest BCUT2D eigenvalue weighted by molar-refractivity contribution is 7.89. The van der Waals surface area contributed by atoms with Crippen molar-refractivity contribution in [3.8, 4) is 11.5 Å². The molecule has 3 N–H and O–H groups in total. The first-order chi connectivity index (χ1) is 17.9. The van der Waals surface area contributed by atoms with Gasteiger partial charge in [0.2, 0.25) is 10.0 Å². The predicted molar refractivity (Wildman–Crippen MR) is 141 cm³/mol. The fraction of sp³-hybridized carbons (Fsp3) is 0.731. The highest BCUT2D eigenvalue weighted by Crippen LogP contribution is 2.40. The summed E-state index contributed by atoms with van der Waals surface area (Å²) in [6.45, 7) is 2.59. The molecule has 1 aromatic rings. The van der Waals surface area contributed by atoms with Gasteiger partial charge in [0.1, 0.15) is 11.8 Å². The van der Waals surface area contributed by atoms with E-state index in [1.54, 1.807) is 32.0 Å². The van der Waals surface area contributed by atoms with Gasteiger partial charge in [-0.3, -0.25) is 4.90 Å². The predicted octanol–water partition coefficient (Wildman–Crippen LogP) is 2.64. The number of benzene rings is 1. The quantitative estimate of drug-likeness (QED) is 0.352. The van der Waals surface area contributed by atoms with Crippen LogP contribution in [0, 0.1) is 5.92 Å². The molecule has 0 bridgehead atoms. The Kier molecular flexibility index (Phi) is 10.3. The summed E-state index contributed by atoms with van der Waals surface area (Å²) in [6.07, 6.45) is 2.11. The number of carboxylic acid groups (broad SMARTS) is 1. The van der Waals surface area contributed by atoms with Crippen LogP contribution in [0.25, 0.3) is 0 Å². The minimum absolute atomic E-state index is 0.0558. The number of aliphatic hydroxyl groups excluding tert-OH is 2. The second-order valence-electron chi connectivity index (χ2n) is 10.6. The van der Waals surface area contributed by atoms with Crippen LogP contribution in [-0.2, 0) is 21.3 Å². The first kappa shape index (κ1) is 30.4. The van der Waals surface area contributed by atoms with Crippen molar-refractivity contribution in [3.05, 3.63) is 23.8 Å². The lowest BCUT2D eigenvalue weighted by Gasteiger charge is -2.34. The minimum Gasteiger partial charge on any atom is -0.493 e. The van der Waals surface area contributed by atoms with Gasteiger partial charge in [0.05, 0.1) is 38.7 Å². The van der Waals surface area contributed by atoms with Crippen molar-refractivity contribution < 1.29 is 42.7 Å². The fourth-order valence-electron chi connectivity index (χ4n) is 5.75. The van der Waals surface area contributed by atoms with Crippen LogP contribution in [-0.4, -0.2) is 96.1 Å². The third-order valence-corrected chi connectivity index (χ3v) is 9.39. The second kappa shape index (κ2) is 12.8. The van der Waals surface area contributed by atoms with Crippen LogP contribution in [0.4, 0.5) is 4.79 Å². The van der Waals surface area contributed by atoms with E-state index in [0.717, 1.165) is 36.4 Å². The van der Waals surface area contributed by atoms with Crippen molar-refractivity contribution in [2.45, 2.75) is 82.9 Å². The molecule has 2 aliphatic rings. The molecule has 1 heterocycles. The summed E-state index contributed by atoms with van der Waals surface area (Å²) in [6, 6.07) is 4.35. The molecule has 1 saturated heterocycles. The van der Waals surface area contributed by atoms with Crippen LogP contribution < -0.4 is 9.47 Å². The van der Waals surface area contributed by atoms with E-state index in [-0.39, 0.29) is 19.0 Å². The molecule has 11 nitrogen and oxygen atoms in total. The molecule has 38 heavy (non-hydrogen) atoms. The standard InChI is InChI=1S/C26H42N2O9S/c1-26(2)28(25(31)32)20(14-18-8-6-5-7-9-18)24(37-26)21(30)17-38(33,34)27(12-13-29)16-19-10-11-22(35-3)23(15-19)36-4/h10-11,15,18,20-21,24,29-30H,5-9,12-14,16-17H2,1-4H3,(H,31,32)/t20-,21?,24+/m0/s1. The number of carbonyl (C=O) groups is 1. The molecule has 1 amide bonds. The molecule has 1 saturated carbocycles. The minimum atomic E-state index is -4.08. The number of aliphatic hydroxyl groups is 2. The zero-order valence-electron chi connectivity index (χ0n) is 22.7. The molecule has 0 radical (unpaired) electrons. The number of amides is 1. The first-order valence-electron chi connectivity index (χ1n) is 13.1. The molecule has 216 valence electrons. The van der Waals surface area contributed by atoms with E-state index in [1.807, 2.05) is 0 Å². The van der Waals surface area contributed by atoms with Crippen LogP contribution >= 0.6 is 0 Å². The lowest BCUT2D eigenvalue weighted by molar-refractivity contribution is -0.0934. The molecular formula is C26H42N2O9S. The lowest BCUT2D eigenvalue weighted by Crippen LogP contribution is -2.50. The highest BCUT2D eigenvalue weighted by atomic mass is 32.2. The second-order valence-corrected chi connectivity index (χ2v) is 12.6. The van der Waals surface area contributed by atoms with E-state index in [0.29, 0.717) is 23.5 Å². The number of hydrogen-bond acceptors (Lipinski definition) is 8. The average Bonchev–Trinajstić information content (AvgIpc) is 3.14. The molecule has 3 atom stereocenters. The highest BCUT2D eigenvalue weighted by Gasteiger charge is 2.53. The number of hydrogen-bond donors (Lipinski definition) is 3.